The van der Waals surface area contributed by atoms with Crippen LogP contribution in [0.4, 0.5) is 4.79 Å². The van der Waals surface area contributed by atoms with E-state index in [9.17, 15) is 9.59 Å². The van der Waals surface area contributed by atoms with Gasteiger partial charge in [0.1, 0.15) is 5.75 Å². The van der Waals surface area contributed by atoms with Crippen molar-refractivity contribution >= 4 is 12.0 Å². The number of carbonyl (C=O) groups is 2. The molecule has 2 aliphatic rings. The van der Waals surface area contributed by atoms with E-state index >= 15 is 0 Å². The van der Waals surface area contributed by atoms with Gasteiger partial charge < -0.3 is 20.1 Å². The number of hydrogen-bond donors (Lipinski definition) is 2. The Morgan fingerprint density at radius 1 is 1.38 bits per heavy atom. The Morgan fingerprint density at radius 3 is 2.71 bits per heavy atom. The largest absolute Gasteiger partial charge is 0.496 e. The highest BCUT2D eigenvalue weighted by Crippen LogP contribution is 2.46. The second kappa shape index (κ2) is 6.71. The molecule has 1 heterocycles. The molecule has 2 fully saturated rings. The molecule has 2 amide bonds. The van der Waals surface area contributed by atoms with Gasteiger partial charge in [-0.25, -0.2) is 4.79 Å². The number of carboxylic acid groups (broad SMARTS) is 1. The number of hydrogen-bond acceptors (Lipinski definition) is 3. The first-order valence-electron chi connectivity index (χ1n) is 8.45. The lowest BCUT2D eigenvalue weighted by Crippen LogP contribution is -2.49. The van der Waals surface area contributed by atoms with E-state index in [0.29, 0.717) is 26.1 Å². The molecule has 0 aromatic heterocycles. The van der Waals surface area contributed by atoms with Crippen molar-refractivity contribution in [1.29, 1.82) is 0 Å². The zero-order valence-electron chi connectivity index (χ0n) is 14.0. The van der Waals surface area contributed by atoms with Crippen LogP contribution in [0.2, 0.25) is 0 Å². The van der Waals surface area contributed by atoms with Gasteiger partial charge in [0.05, 0.1) is 13.0 Å². The van der Waals surface area contributed by atoms with Crippen LogP contribution in [0, 0.1) is 5.92 Å². The summed E-state index contributed by atoms with van der Waals surface area (Å²) in [5, 5.41) is 12.1. The van der Waals surface area contributed by atoms with E-state index in [1.165, 1.54) is 0 Å². The number of urea groups is 1. The van der Waals surface area contributed by atoms with Gasteiger partial charge in [-0.1, -0.05) is 24.6 Å². The predicted octanol–water partition coefficient (Wildman–Crippen LogP) is 2.23. The lowest BCUT2D eigenvalue weighted by atomic mass is 9.64. The molecular weight excluding hydrogens is 308 g/mol. The van der Waals surface area contributed by atoms with Gasteiger partial charge in [0.15, 0.2) is 0 Å². The minimum absolute atomic E-state index is 0.0752. The van der Waals surface area contributed by atoms with Gasteiger partial charge in [-0.15, -0.1) is 0 Å². The molecule has 1 saturated carbocycles. The second-order valence-electron chi connectivity index (χ2n) is 6.76. The second-order valence-corrected chi connectivity index (χ2v) is 6.76. The molecule has 130 valence electrons. The number of methoxy groups -OCH3 is 1. The highest BCUT2D eigenvalue weighted by molar-refractivity contribution is 5.77. The molecule has 6 heteroatoms. The summed E-state index contributed by atoms with van der Waals surface area (Å²) in [7, 11) is 1.67. The van der Waals surface area contributed by atoms with Crippen molar-refractivity contribution in [1.82, 2.24) is 10.2 Å². The lowest BCUT2D eigenvalue weighted by molar-refractivity contribution is -0.141. The summed E-state index contributed by atoms with van der Waals surface area (Å²) in [5.41, 5.74) is 1.07. The highest BCUT2D eigenvalue weighted by Gasteiger charge is 2.41. The Kier molecular flexibility index (Phi) is 4.64. The Hall–Kier alpha value is -2.24. The summed E-state index contributed by atoms with van der Waals surface area (Å²) in [6, 6.07) is 7.80. The Morgan fingerprint density at radius 2 is 2.12 bits per heavy atom. The van der Waals surface area contributed by atoms with Crippen LogP contribution in [0.25, 0.3) is 0 Å². The van der Waals surface area contributed by atoms with E-state index in [1.54, 1.807) is 12.0 Å². The monoisotopic (exact) mass is 332 g/mol. The molecule has 24 heavy (non-hydrogen) atoms. The molecule has 1 aliphatic heterocycles. The van der Waals surface area contributed by atoms with Crippen molar-refractivity contribution < 1.29 is 19.4 Å². The average Bonchev–Trinajstić information content (AvgIpc) is 3.04. The molecule has 1 saturated heterocycles. The van der Waals surface area contributed by atoms with Gasteiger partial charge in [0, 0.05) is 30.6 Å². The molecule has 0 radical (unpaired) electrons. The first-order valence-corrected chi connectivity index (χ1v) is 8.45. The molecular formula is C18H24N2O4. The quantitative estimate of drug-likeness (QED) is 0.867. The number of amides is 2. The Bertz CT molecular complexity index is 627. The maximum absolute atomic E-state index is 12.4. The fourth-order valence-corrected chi connectivity index (χ4v) is 3.73. The number of carbonyl (C=O) groups excluding carboxylic acids is 1. The molecule has 6 nitrogen and oxygen atoms in total. The zero-order valence-corrected chi connectivity index (χ0v) is 14.0. The van der Waals surface area contributed by atoms with Crippen LogP contribution in [-0.4, -0.2) is 48.8 Å². The van der Waals surface area contributed by atoms with Crippen molar-refractivity contribution in [3.8, 4) is 5.75 Å². The van der Waals surface area contributed by atoms with Gasteiger partial charge in [-0.3, -0.25) is 4.79 Å². The van der Waals surface area contributed by atoms with E-state index in [1.807, 2.05) is 18.2 Å². The number of benzene rings is 1. The van der Waals surface area contributed by atoms with Gasteiger partial charge >= 0.3 is 12.0 Å². The summed E-state index contributed by atoms with van der Waals surface area (Å²) in [4.78, 5) is 25.0. The van der Waals surface area contributed by atoms with E-state index in [4.69, 9.17) is 9.84 Å². The average molecular weight is 332 g/mol. The van der Waals surface area contributed by atoms with Crippen molar-refractivity contribution in [3.63, 3.8) is 0 Å². The molecule has 1 aliphatic carbocycles. The molecule has 1 aromatic carbocycles. The number of nitrogens with one attached hydrogen (secondary N) is 1. The zero-order chi connectivity index (χ0) is 17.2. The van der Waals surface area contributed by atoms with Crippen LogP contribution in [0.3, 0.4) is 0 Å². The van der Waals surface area contributed by atoms with Crippen LogP contribution in [0.1, 0.15) is 31.2 Å². The third-order valence-electron chi connectivity index (χ3n) is 5.39. The number of para-hydroxylation sites is 1. The van der Waals surface area contributed by atoms with Crippen molar-refractivity contribution in [2.75, 3.05) is 26.7 Å². The minimum Gasteiger partial charge on any atom is -0.496 e. The van der Waals surface area contributed by atoms with E-state index in [0.717, 1.165) is 30.6 Å². The number of ether oxygens (including phenoxy) is 1. The van der Waals surface area contributed by atoms with Crippen molar-refractivity contribution in [2.45, 2.75) is 31.1 Å². The topological polar surface area (TPSA) is 78.9 Å². The molecule has 0 bridgehead atoms. The number of nitrogens with zero attached hydrogens (tertiary/aromatic N) is 1. The third-order valence-corrected chi connectivity index (χ3v) is 5.39. The maximum atomic E-state index is 12.4. The normalized spacial score (nSPS) is 21.9. The number of likely N-dealkylation sites (tertiary alicyclic amines) is 1. The Labute approximate surface area is 141 Å². The first kappa shape index (κ1) is 16.6. The fourth-order valence-electron chi connectivity index (χ4n) is 3.73. The van der Waals surface area contributed by atoms with E-state index < -0.39 is 11.9 Å². The predicted molar refractivity (Wildman–Crippen MR) is 89.2 cm³/mol. The van der Waals surface area contributed by atoms with E-state index in [-0.39, 0.29) is 11.4 Å². The molecule has 3 rings (SSSR count). The van der Waals surface area contributed by atoms with Crippen molar-refractivity contribution in [2.24, 2.45) is 5.92 Å². The van der Waals surface area contributed by atoms with Crippen LogP contribution in [0.15, 0.2) is 24.3 Å². The molecule has 1 aromatic rings. The third kappa shape index (κ3) is 3.05. The van der Waals surface area contributed by atoms with Crippen LogP contribution in [-0.2, 0) is 10.2 Å². The Balaban J connectivity index is 1.64. The van der Waals surface area contributed by atoms with Crippen LogP contribution in [0.5, 0.6) is 5.75 Å². The SMILES string of the molecule is COc1ccccc1C1(CNC(=O)N2CCC(C(=O)O)C2)CCC1. The van der Waals surface area contributed by atoms with Crippen LogP contribution < -0.4 is 10.1 Å². The number of rotatable bonds is 5. The lowest BCUT2D eigenvalue weighted by Gasteiger charge is -2.43. The highest BCUT2D eigenvalue weighted by atomic mass is 16.5. The van der Waals surface area contributed by atoms with Crippen molar-refractivity contribution in [3.05, 3.63) is 29.8 Å². The van der Waals surface area contributed by atoms with Gasteiger partial charge in [0.25, 0.3) is 0 Å². The standard InChI is InChI=1S/C18H24N2O4/c1-24-15-6-3-2-5-14(15)18(8-4-9-18)12-19-17(23)20-10-7-13(11-20)16(21)22/h2-3,5-6,13H,4,7-12H2,1H3,(H,19,23)(H,21,22). The molecule has 0 spiro atoms. The summed E-state index contributed by atoms with van der Waals surface area (Å²) in [5.74, 6) is -0.407. The summed E-state index contributed by atoms with van der Waals surface area (Å²) < 4.78 is 5.49. The minimum atomic E-state index is -0.824. The number of carboxylic acids is 1. The summed E-state index contributed by atoms with van der Waals surface area (Å²) >= 11 is 0. The maximum Gasteiger partial charge on any atom is 0.317 e. The smallest absolute Gasteiger partial charge is 0.317 e. The summed E-state index contributed by atoms with van der Waals surface area (Å²) in [6.45, 7) is 1.35. The molecule has 1 atom stereocenters. The van der Waals surface area contributed by atoms with Gasteiger partial charge in [0.2, 0.25) is 0 Å². The molecule has 1 unspecified atom stereocenters. The fraction of sp³-hybridized carbons (Fsp3) is 0.556. The number of aliphatic carboxylic acids is 1. The molecule has 2 N–H and O–H groups in total. The van der Waals surface area contributed by atoms with Crippen LogP contribution >= 0.6 is 0 Å². The van der Waals surface area contributed by atoms with Gasteiger partial charge in [-0.05, 0) is 25.3 Å². The van der Waals surface area contributed by atoms with Gasteiger partial charge in [-0.2, -0.15) is 0 Å². The first-order chi connectivity index (χ1) is 11.6. The van der Waals surface area contributed by atoms with E-state index in [2.05, 4.69) is 11.4 Å². The summed E-state index contributed by atoms with van der Waals surface area (Å²) in [6.07, 6.45) is 3.70.